The van der Waals surface area contributed by atoms with Gasteiger partial charge in [-0.1, -0.05) is 52.3 Å². The molecule has 0 bridgehead atoms. The molecule has 0 aliphatic heterocycles. The lowest BCUT2D eigenvalue weighted by Gasteiger charge is -2.09. The van der Waals surface area contributed by atoms with Gasteiger partial charge in [0.05, 0.1) is 13.5 Å². The summed E-state index contributed by atoms with van der Waals surface area (Å²) in [5.41, 5.74) is 2.03. The van der Waals surface area contributed by atoms with Gasteiger partial charge in [0.15, 0.2) is 0 Å². The van der Waals surface area contributed by atoms with E-state index in [2.05, 4.69) is 21.2 Å². The van der Waals surface area contributed by atoms with Gasteiger partial charge in [0.25, 0.3) is 0 Å². The molecule has 2 rings (SSSR count). The molecule has 0 fully saturated rings. The van der Waals surface area contributed by atoms with Crippen molar-refractivity contribution in [3.05, 3.63) is 64.1 Å². The summed E-state index contributed by atoms with van der Waals surface area (Å²) >= 11 is 3.47. The van der Waals surface area contributed by atoms with E-state index >= 15 is 0 Å². The van der Waals surface area contributed by atoms with Gasteiger partial charge >= 0.3 is 0 Å². The number of carbonyl (C=O) groups excluding carboxylic acids is 1. The van der Waals surface area contributed by atoms with E-state index in [-0.39, 0.29) is 5.91 Å². The maximum atomic E-state index is 11.9. The molecule has 1 N–H and O–H groups in total. The summed E-state index contributed by atoms with van der Waals surface area (Å²) in [6, 6.07) is 15.4. The predicted octanol–water partition coefficient (Wildman–Crippen LogP) is 3.32. The maximum Gasteiger partial charge on any atom is 0.224 e. The highest BCUT2D eigenvalue weighted by Crippen LogP contribution is 2.22. The highest BCUT2D eigenvalue weighted by molar-refractivity contribution is 9.10. The fourth-order valence-corrected chi connectivity index (χ4v) is 2.33. The number of amides is 1. The number of carbonyl (C=O) groups is 1. The Labute approximate surface area is 127 Å². The topological polar surface area (TPSA) is 38.3 Å². The molecule has 3 nitrogen and oxygen atoms in total. The van der Waals surface area contributed by atoms with Gasteiger partial charge in [0, 0.05) is 11.0 Å². The van der Waals surface area contributed by atoms with E-state index in [1.165, 1.54) is 0 Å². The third-order valence-corrected chi connectivity index (χ3v) is 3.68. The number of rotatable bonds is 5. The van der Waals surface area contributed by atoms with Crippen LogP contribution in [0.4, 0.5) is 0 Å². The standard InChI is InChI=1S/C16H16BrNO2/c1-20-14-8-7-13(15(17)10-14)11-18-16(19)9-12-5-3-2-4-6-12/h2-8,10H,9,11H2,1H3,(H,18,19). The Morgan fingerprint density at radius 3 is 2.60 bits per heavy atom. The van der Waals surface area contributed by atoms with Crippen molar-refractivity contribution in [1.29, 1.82) is 0 Å². The van der Waals surface area contributed by atoms with Gasteiger partial charge in [0.1, 0.15) is 5.75 Å². The number of methoxy groups -OCH3 is 1. The Bertz CT molecular complexity index is 584. The van der Waals surface area contributed by atoms with Crippen LogP contribution < -0.4 is 10.1 Å². The molecule has 0 saturated heterocycles. The molecule has 1 amide bonds. The van der Waals surface area contributed by atoms with Crippen LogP contribution in [0.2, 0.25) is 0 Å². The van der Waals surface area contributed by atoms with Crippen molar-refractivity contribution in [2.45, 2.75) is 13.0 Å². The number of hydrogen-bond donors (Lipinski definition) is 1. The minimum Gasteiger partial charge on any atom is -0.497 e. The average molecular weight is 334 g/mol. The maximum absolute atomic E-state index is 11.9. The molecule has 0 saturated carbocycles. The van der Waals surface area contributed by atoms with Gasteiger partial charge in [-0.15, -0.1) is 0 Å². The summed E-state index contributed by atoms with van der Waals surface area (Å²) in [5.74, 6) is 0.801. The van der Waals surface area contributed by atoms with E-state index in [4.69, 9.17) is 4.74 Å². The van der Waals surface area contributed by atoms with Crippen molar-refractivity contribution in [3.63, 3.8) is 0 Å². The zero-order valence-corrected chi connectivity index (χ0v) is 12.8. The summed E-state index contributed by atoms with van der Waals surface area (Å²) in [5, 5.41) is 2.92. The molecule has 20 heavy (non-hydrogen) atoms. The SMILES string of the molecule is COc1ccc(CNC(=O)Cc2ccccc2)c(Br)c1. The molecule has 104 valence electrons. The zero-order chi connectivity index (χ0) is 14.4. The van der Waals surface area contributed by atoms with E-state index in [9.17, 15) is 4.79 Å². The fourth-order valence-electron chi connectivity index (χ4n) is 1.84. The molecule has 2 aromatic rings. The largest absolute Gasteiger partial charge is 0.497 e. The minimum atomic E-state index is 0.0129. The predicted molar refractivity (Wildman–Crippen MR) is 82.7 cm³/mol. The number of nitrogens with one attached hydrogen (secondary N) is 1. The van der Waals surface area contributed by atoms with Gasteiger partial charge in [0.2, 0.25) is 5.91 Å². The second-order valence-electron chi connectivity index (χ2n) is 4.40. The fraction of sp³-hybridized carbons (Fsp3) is 0.188. The van der Waals surface area contributed by atoms with Crippen LogP contribution in [-0.2, 0) is 17.8 Å². The summed E-state index contributed by atoms with van der Waals surface area (Å²) in [6.45, 7) is 0.496. The quantitative estimate of drug-likeness (QED) is 0.911. The lowest BCUT2D eigenvalue weighted by atomic mass is 10.1. The van der Waals surface area contributed by atoms with Crippen LogP contribution >= 0.6 is 15.9 Å². The number of ether oxygens (including phenoxy) is 1. The van der Waals surface area contributed by atoms with Crippen molar-refractivity contribution in [2.75, 3.05) is 7.11 Å². The molecular formula is C16H16BrNO2. The Morgan fingerprint density at radius 2 is 1.95 bits per heavy atom. The number of halogens is 1. The lowest BCUT2D eigenvalue weighted by Crippen LogP contribution is -2.24. The molecule has 0 heterocycles. The van der Waals surface area contributed by atoms with Crippen LogP contribution in [0.25, 0.3) is 0 Å². The van der Waals surface area contributed by atoms with Gasteiger partial charge in [-0.3, -0.25) is 4.79 Å². The molecule has 0 aliphatic carbocycles. The smallest absolute Gasteiger partial charge is 0.224 e. The molecule has 0 atom stereocenters. The minimum absolute atomic E-state index is 0.0129. The van der Waals surface area contributed by atoms with Crippen LogP contribution in [0.3, 0.4) is 0 Å². The second kappa shape index (κ2) is 7.10. The van der Waals surface area contributed by atoms with Crippen LogP contribution in [0, 0.1) is 0 Å². The average Bonchev–Trinajstić information content (AvgIpc) is 2.47. The first-order chi connectivity index (χ1) is 9.69. The zero-order valence-electron chi connectivity index (χ0n) is 11.2. The number of benzene rings is 2. The molecular weight excluding hydrogens is 318 g/mol. The van der Waals surface area contributed by atoms with Gasteiger partial charge in [-0.2, -0.15) is 0 Å². The molecule has 2 aromatic carbocycles. The first kappa shape index (κ1) is 14.6. The third kappa shape index (κ3) is 4.10. The van der Waals surface area contributed by atoms with E-state index in [1.807, 2.05) is 48.5 Å². The lowest BCUT2D eigenvalue weighted by molar-refractivity contribution is -0.120. The Hall–Kier alpha value is -1.81. The monoisotopic (exact) mass is 333 g/mol. The van der Waals surface area contributed by atoms with Crippen molar-refractivity contribution in [3.8, 4) is 5.75 Å². The second-order valence-corrected chi connectivity index (χ2v) is 5.25. The Morgan fingerprint density at radius 1 is 1.20 bits per heavy atom. The highest BCUT2D eigenvalue weighted by Gasteiger charge is 2.05. The summed E-state index contributed by atoms with van der Waals surface area (Å²) in [6.07, 6.45) is 0.397. The van der Waals surface area contributed by atoms with E-state index in [1.54, 1.807) is 7.11 Å². The van der Waals surface area contributed by atoms with Crippen LogP contribution in [0.15, 0.2) is 53.0 Å². The van der Waals surface area contributed by atoms with E-state index < -0.39 is 0 Å². The summed E-state index contributed by atoms with van der Waals surface area (Å²) in [4.78, 5) is 11.9. The van der Waals surface area contributed by atoms with Gasteiger partial charge < -0.3 is 10.1 Å². The van der Waals surface area contributed by atoms with Crippen molar-refractivity contribution >= 4 is 21.8 Å². The molecule has 4 heteroatoms. The van der Waals surface area contributed by atoms with Crippen molar-refractivity contribution in [2.24, 2.45) is 0 Å². The van der Waals surface area contributed by atoms with Crippen molar-refractivity contribution < 1.29 is 9.53 Å². The molecule has 0 spiro atoms. The molecule has 0 aromatic heterocycles. The Kier molecular flexibility index (Phi) is 5.18. The van der Waals surface area contributed by atoms with E-state index in [0.717, 1.165) is 21.3 Å². The molecule has 0 unspecified atom stereocenters. The van der Waals surface area contributed by atoms with Gasteiger partial charge in [-0.05, 0) is 23.3 Å². The van der Waals surface area contributed by atoms with E-state index in [0.29, 0.717) is 13.0 Å². The third-order valence-electron chi connectivity index (χ3n) is 2.94. The number of hydrogen-bond acceptors (Lipinski definition) is 2. The normalized spacial score (nSPS) is 10.1. The molecule has 0 aliphatic rings. The summed E-state index contributed by atoms with van der Waals surface area (Å²) < 4.78 is 6.06. The Balaban J connectivity index is 1.90. The molecule has 0 radical (unpaired) electrons. The van der Waals surface area contributed by atoms with Crippen molar-refractivity contribution in [1.82, 2.24) is 5.32 Å². The van der Waals surface area contributed by atoms with Crippen LogP contribution in [0.1, 0.15) is 11.1 Å². The van der Waals surface area contributed by atoms with Crippen LogP contribution in [0.5, 0.6) is 5.75 Å². The van der Waals surface area contributed by atoms with Crippen LogP contribution in [-0.4, -0.2) is 13.0 Å². The first-order valence-corrected chi connectivity index (χ1v) is 7.11. The highest BCUT2D eigenvalue weighted by atomic mass is 79.9. The first-order valence-electron chi connectivity index (χ1n) is 6.32. The summed E-state index contributed by atoms with van der Waals surface area (Å²) in [7, 11) is 1.63. The van der Waals surface area contributed by atoms with Gasteiger partial charge in [-0.25, -0.2) is 0 Å².